The van der Waals surface area contributed by atoms with Crippen LogP contribution in [0.15, 0.2) is 34.4 Å². The van der Waals surface area contributed by atoms with Gasteiger partial charge in [0.2, 0.25) is 5.96 Å². The van der Waals surface area contributed by atoms with Crippen LogP contribution >= 0.6 is 0 Å². The summed E-state index contributed by atoms with van der Waals surface area (Å²) in [6, 6.07) is 5.72. The lowest BCUT2D eigenvalue weighted by Crippen LogP contribution is -2.21. The Hall–Kier alpha value is -1.91. The molecule has 0 unspecified atom stereocenters. The van der Waals surface area contributed by atoms with Crippen LogP contribution in [0.25, 0.3) is 0 Å². The van der Waals surface area contributed by atoms with Crippen LogP contribution in [0.5, 0.6) is 0 Å². The van der Waals surface area contributed by atoms with Crippen molar-refractivity contribution in [2.24, 2.45) is 15.7 Å². The van der Waals surface area contributed by atoms with Crippen LogP contribution in [-0.4, -0.2) is 36.3 Å². The molecule has 1 heterocycles. The van der Waals surface area contributed by atoms with Crippen molar-refractivity contribution < 1.29 is 0 Å². The van der Waals surface area contributed by atoms with Crippen LogP contribution in [0.4, 0.5) is 0 Å². The first-order valence-corrected chi connectivity index (χ1v) is 4.60. The Kier molecular flexibility index (Phi) is 4.28. The zero-order valence-electron chi connectivity index (χ0n) is 8.96. The first kappa shape index (κ1) is 11.2. The Labute approximate surface area is 89.4 Å². The molecule has 0 saturated carbocycles. The van der Waals surface area contributed by atoms with Gasteiger partial charge in [-0.05, 0) is 12.1 Å². The summed E-state index contributed by atoms with van der Waals surface area (Å²) < 4.78 is 0. The average molecular weight is 205 g/mol. The average Bonchev–Trinajstić information content (AvgIpc) is 2.25. The van der Waals surface area contributed by atoms with E-state index in [0.29, 0.717) is 12.5 Å². The van der Waals surface area contributed by atoms with Gasteiger partial charge in [-0.2, -0.15) is 0 Å². The smallest absolute Gasteiger partial charge is 0.221 e. The Morgan fingerprint density at radius 3 is 2.87 bits per heavy atom. The molecule has 2 N–H and O–H groups in total. The number of rotatable bonds is 2. The van der Waals surface area contributed by atoms with Gasteiger partial charge in [-0.1, -0.05) is 6.07 Å². The molecule has 0 aliphatic carbocycles. The molecule has 0 aliphatic rings. The number of guanidine groups is 1. The fourth-order valence-corrected chi connectivity index (χ4v) is 1.01. The van der Waals surface area contributed by atoms with Gasteiger partial charge in [0.1, 0.15) is 0 Å². The van der Waals surface area contributed by atoms with Gasteiger partial charge in [0.25, 0.3) is 0 Å². The van der Waals surface area contributed by atoms with Gasteiger partial charge in [-0.15, -0.1) is 0 Å². The van der Waals surface area contributed by atoms with Crippen LogP contribution in [0.1, 0.15) is 5.69 Å². The lowest BCUT2D eigenvalue weighted by Gasteiger charge is -2.10. The molecule has 5 nitrogen and oxygen atoms in total. The molecule has 0 amide bonds. The molecule has 0 fully saturated rings. The molecule has 80 valence electrons. The third-order valence-electron chi connectivity index (χ3n) is 1.70. The molecule has 0 aromatic carbocycles. The predicted octanol–water partition coefficient (Wildman–Crippen LogP) is 0.486. The summed E-state index contributed by atoms with van der Waals surface area (Å²) in [5, 5.41) is 0. The Morgan fingerprint density at radius 1 is 1.53 bits per heavy atom. The summed E-state index contributed by atoms with van der Waals surface area (Å²) in [5.74, 6) is 0.586. The first-order valence-electron chi connectivity index (χ1n) is 4.60. The van der Waals surface area contributed by atoms with Crippen LogP contribution in [0.3, 0.4) is 0 Å². The molecular weight excluding hydrogens is 190 g/mol. The van der Waals surface area contributed by atoms with Crippen molar-refractivity contribution in [3.8, 4) is 0 Å². The van der Waals surface area contributed by atoms with E-state index in [1.165, 1.54) is 6.34 Å². The largest absolute Gasteiger partial charge is 0.390 e. The monoisotopic (exact) mass is 205 g/mol. The summed E-state index contributed by atoms with van der Waals surface area (Å²) in [7, 11) is 3.73. The number of hydrogen-bond acceptors (Lipinski definition) is 2. The molecule has 0 bridgehead atoms. The molecule has 1 rings (SSSR count). The summed E-state index contributed by atoms with van der Waals surface area (Å²) in [4.78, 5) is 14.2. The standard InChI is InChI=1S/C10H15N5/c1-15(2)10(14-8-11)13-7-9-5-3-4-6-12-9/h3-6,8H,7H2,1-2H3,(H2,11,13,14). The molecule has 1 aromatic rings. The summed E-state index contributed by atoms with van der Waals surface area (Å²) in [6.45, 7) is 0.506. The van der Waals surface area contributed by atoms with E-state index in [1.54, 1.807) is 11.1 Å². The third-order valence-corrected chi connectivity index (χ3v) is 1.70. The quantitative estimate of drug-likeness (QED) is 0.564. The van der Waals surface area contributed by atoms with Crippen molar-refractivity contribution in [3.05, 3.63) is 30.1 Å². The normalized spacial score (nSPS) is 12.0. The Morgan fingerprint density at radius 2 is 2.33 bits per heavy atom. The molecule has 0 saturated heterocycles. The first-order chi connectivity index (χ1) is 7.24. The Bertz CT molecular complexity index is 342. The number of nitrogens with zero attached hydrogens (tertiary/aromatic N) is 4. The second kappa shape index (κ2) is 5.74. The number of hydrogen-bond donors (Lipinski definition) is 1. The van der Waals surface area contributed by atoms with Gasteiger partial charge in [-0.25, -0.2) is 9.98 Å². The van der Waals surface area contributed by atoms with Crippen molar-refractivity contribution in [1.29, 1.82) is 0 Å². The summed E-state index contributed by atoms with van der Waals surface area (Å²) >= 11 is 0. The maximum atomic E-state index is 5.22. The minimum atomic E-state index is 0.506. The minimum absolute atomic E-state index is 0.506. The lowest BCUT2D eigenvalue weighted by molar-refractivity contribution is 0.609. The highest BCUT2D eigenvalue weighted by Crippen LogP contribution is 1.97. The molecule has 1 aromatic heterocycles. The van der Waals surface area contributed by atoms with Gasteiger partial charge in [-0.3, -0.25) is 4.98 Å². The van der Waals surface area contributed by atoms with E-state index in [0.717, 1.165) is 5.69 Å². The van der Waals surface area contributed by atoms with Gasteiger partial charge in [0, 0.05) is 20.3 Å². The predicted molar refractivity (Wildman–Crippen MR) is 61.7 cm³/mol. The molecule has 0 aliphatic heterocycles. The van der Waals surface area contributed by atoms with Crippen molar-refractivity contribution in [1.82, 2.24) is 9.88 Å². The zero-order valence-corrected chi connectivity index (χ0v) is 8.96. The molecule has 0 radical (unpaired) electrons. The molecular formula is C10H15N5. The van der Waals surface area contributed by atoms with Gasteiger partial charge < -0.3 is 10.6 Å². The molecule has 0 atom stereocenters. The van der Waals surface area contributed by atoms with Crippen LogP contribution in [0.2, 0.25) is 0 Å². The summed E-state index contributed by atoms with van der Waals surface area (Å²) in [5.41, 5.74) is 6.13. The molecule has 5 heteroatoms. The summed E-state index contributed by atoms with van der Waals surface area (Å²) in [6.07, 6.45) is 2.98. The second-order valence-electron chi connectivity index (χ2n) is 3.11. The number of aliphatic imine (C=N–C) groups is 2. The highest BCUT2D eigenvalue weighted by Gasteiger charge is 1.98. The fraction of sp³-hybridized carbons (Fsp3) is 0.300. The number of nitrogens with two attached hydrogens (primary N) is 1. The van der Waals surface area contributed by atoms with E-state index in [9.17, 15) is 0 Å². The van der Waals surface area contributed by atoms with Crippen molar-refractivity contribution in [2.75, 3.05) is 14.1 Å². The fourth-order valence-electron chi connectivity index (χ4n) is 1.01. The number of aromatic nitrogens is 1. The third kappa shape index (κ3) is 3.76. The topological polar surface area (TPSA) is 66.9 Å². The van der Waals surface area contributed by atoms with Crippen molar-refractivity contribution in [3.63, 3.8) is 0 Å². The maximum absolute atomic E-state index is 5.22. The highest BCUT2D eigenvalue weighted by molar-refractivity contribution is 5.86. The van der Waals surface area contributed by atoms with Gasteiger partial charge in [0.15, 0.2) is 0 Å². The van der Waals surface area contributed by atoms with Crippen LogP contribution < -0.4 is 5.73 Å². The maximum Gasteiger partial charge on any atom is 0.221 e. The van der Waals surface area contributed by atoms with E-state index < -0.39 is 0 Å². The van der Waals surface area contributed by atoms with Gasteiger partial charge in [0.05, 0.1) is 18.6 Å². The molecule has 15 heavy (non-hydrogen) atoms. The van der Waals surface area contributed by atoms with Crippen molar-refractivity contribution >= 4 is 12.3 Å². The van der Waals surface area contributed by atoms with E-state index in [-0.39, 0.29) is 0 Å². The SMILES string of the molecule is CN(C)C(N=CN)=NCc1ccccn1. The van der Waals surface area contributed by atoms with Crippen LogP contribution in [0, 0.1) is 0 Å². The Balaban J connectivity index is 2.70. The second-order valence-corrected chi connectivity index (χ2v) is 3.11. The minimum Gasteiger partial charge on any atom is -0.390 e. The van der Waals surface area contributed by atoms with E-state index in [4.69, 9.17) is 5.73 Å². The van der Waals surface area contributed by atoms with Crippen molar-refractivity contribution in [2.45, 2.75) is 6.54 Å². The van der Waals surface area contributed by atoms with E-state index in [2.05, 4.69) is 15.0 Å². The molecule has 0 spiro atoms. The highest BCUT2D eigenvalue weighted by atomic mass is 15.2. The lowest BCUT2D eigenvalue weighted by atomic mass is 10.3. The van der Waals surface area contributed by atoms with Gasteiger partial charge >= 0.3 is 0 Å². The van der Waals surface area contributed by atoms with E-state index >= 15 is 0 Å². The van der Waals surface area contributed by atoms with E-state index in [1.807, 2.05) is 32.3 Å². The number of pyridine rings is 1. The zero-order chi connectivity index (χ0) is 11.1. The van der Waals surface area contributed by atoms with Crippen LogP contribution in [-0.2, 0) is 6.54 Å².